The third-order valence-electron chi connectivity index (χ3n) is 4.01. The summed E-state index contributed by atoms with van der Waals surface area (Å²) in [6, 6.07) is 9.55. The fraction of sp³-hybridized carbons (Fsp3) is 0.333. The number of benzene rings is 1. The van der Waals surface area contributed by atoms with E-state index in [9.17, 15) is 8.42 Å². The predicted octanol–water partition coefficient (Wildman–Crippen LogP) is 3.03. The minimum atomic E-state index is -3.49. The van der Waals surface area contributed by atoms with E-state index < -0.39 is 10.0 Å². The lowest BCUT2D eigenvalue weighted by atomic mass is 9.88. The fourth-order valence-corrected chi connectivity index (χ4v) is 5.51. The Bertz CT molecular complexity index is 753. The van der Waals surface area contributed by atoms with Gasteiger partial charge in [0.15, 0.2) is 0 Å². The smallest absolute Gasteiger partial charge is 0.252 e. The topological polar surface area (TPSA) is 63.4 Å². The predicted molar refractivity (Wildman–Crippen MR) is 85.8 cm³/mol. The summed E-state index contributed by atoms with van der Waals surface area (Å²) < 4.78 is 27.3. The van der Waals surface area contributed by atoms with Crippen molar-refractivity contribution < 1.29 is 8.42 Å². The number of hydrogen-bond donors (Lipinski definition) is 1. The Labute approximate surface area is 129 Å². The van der Waals surface area contributed by atoms with E-state index in [1.54, 1.807) is 12.4 Å². The molecule has 4 nitrogen and oxygen atoms in total. The molecule has 2 aromatic rings. The summed E-state index contributed by atoms with van der Waals surface area (Å²) >= 11 is 1.18. The highest BCUT2D eigenvalue weighted by molar-refractivity contribution is 7.91. The van der Waals surface area contributed by atoms with Crippen LogP contribution in [0.25, 0.3) is 0 Å². The van der Waals surface area contributed by atoms with Gasteiger partial charge in [-0.15, -0.1) is 11.3 Å². The van der Waals surface area contributed by atoms with Crippen LogP contribution in [0.1, 0.15) is 30.0 Å². The Morgan fingerprint density at radius 3 is 2.81 bits per heavy atom. The van der Waals surface area contributed by atoms with Gasteiger partial charge in [0.05, 0.1) is 6.04 Å². The van der Waals surface area contributed by atoms with Crippen LogP contribution in [0, 0.1) is 0 Å². The van der Waals surface area contributed by atoms with E-state index in [0.29, 0.717) is 9.90 Å². The number of nitrogens with two attached hydrogens (primary N) is 1. The second kappa shape index (κ2) is 5.44. The molecule has 1 atom stereocenters. The van der Waals surface area contributed by atoms with Gasteiger partial charge in [-0.2, -0.15) is 4.31 Å². The normalized spacial score (nSPS) is 18.7. The van der Waals surface area contributed by atoms with Crippen LogP contribution in [0.2, 0.25) is 0 Å². The first-order valence-electron chi connectivity index (χ1n) is 6.90. The van der Waals surface area contributed by atoms with Gasteiger partial charge in [0.2, 0.25) is 0 Å². The van der Waals surface area contributed by atoms with Gasteiger partial charge in [-0.3, -0.25) is 0 Å². The molecule has 0 aliphatic heterocycles. The highest BCUT2D eigenvalue weighted by Crippen LogP contribution is 2.37. The van der Waals surface area contributed by atoms with E-state index in [1.807, 2.05) is 18.2 Å². The van der Waals surface area contributed by atoms with Crippen molar-refractivity contribution in [1.29, 1.82) is 0 Å². The number of hydrogen-bond acceptors (Lipinski definition) is 4. The van der Waals surface area contributed by atoms with Crippen LogP contribution < -0.4 is 5.73 Å². The number of fused-ring (bicyclic) bond motifs is 1. The van der Waals surface area contributed by atoms with E-state index in [1.165, 1.54) is 27.3 Å². The third kappa shape index (κ3) is 2.59. The van der Waals surface area contributed by atoms with Crippen molar-refractivity contribution in [2.75, 3.05) is 12.8 Å². The fourth-order valence-electron chi connectivity index (χ4n) is 2.88. The van der Waals surface area contributed by atoms with Crippen LogP contribution >= 0.6 is 11.3 Å². The zero-order valence-electron chi connectivity index (χ0n) is 11.8. The molecule has 112 valence electrons. The maximum atomic E-state index is 12.7. The first-order chi connectivity index (χ1) is 10.00. The highest BCUT2D eigenvalue weighted by atomic mass is 32.2. The molecule has 0 spiro atoms. The van der Waals surface area contributed by atoms with Crippen molar-refractivity contribution >= 4 is 27.0 Å². The molecular weight excluding hydrogens is 304 g/mol. The average Bonchev–Trinajstić information content (AvgIpc) is 2.93. The van der Waals surface area contributed by atoms with E-state index in [4.69, 9.17) is 5.73 Å². The van der Waals surface area contributed by atoms with Crippen molar-refractivity contribution in [1.82, 2.24) is 4.31 Å². The summed E-state index contributed by atoms with van der Waals surface area (Å²) in [7, 11) is -1.82. The molecule has 0 bridgehead atoms. The molecule has 21 heavy (non-hydrogen) atoms. The lowest BCUT2D eigenvalue weighted by Gasteiger charge is -2.32. The largest absolute Gasteiger partial charge is 0.398 e. The first-order valence-corrected chi connectivity index (χ1v) is 9.22. The van der Waals surface area contributed by atoms with Gasteiger partial charge < -0.3 is 5.73 Å². The molecule has 0 saturated heterocycles. The molecule has 1 heterocycles. The number of thiophene rings is 1. The number of rotatable bonds is 3. The van der Waals surface area contributed by atoms with E-state index in [0.717, 1.165) is 24.8 Å². The molecular formula is C15H18N2O2S2. The zero-order chi connectivity index (χ0) is 15.0. The van der Waals surface area contributed by atoms with Gasteiger partial charge in [-0.05, 0) is 36.5 Å². The Balaban J connectivity index is 1.98. The summed E-state index contributed by atoms with van der Waals surface area (Å²) in [5, 5.41) is 1.66. The Hall–Kier alpha value is -1.37. The molecule has 2 N–H and O–H groups in total. The minimum absolute atomic E-state index is 0.0942. The van der Waals surface area contributed by atoms with Crippen molar-refractivity contribution in [3.63, 3.8) is 0 Å². The van der Waals surface area contributed by atoms with Gasteiger partial charge in [0.1, 0.15) is 4.21 Å². The zero-order valence-corrected chi connectivity index (χ0v) is 13.5. The molecule has 0 fully saturated rings. The van der Waals surface area contributed by atoms with Crippen LogP contribution in [0.4, 0.5) is 5.69 Å². The molecule has 0 saturated carbocycles. The van der Waals surface area contributed by atoms with E-state index >= 15 is 0 Å². The number of aryl methyl sites for hydroxylation is 1. The molecule has 6 heteroatoms. The number of sulfonamides is 1. The highest BCUT2D eigenvalue weighted by Gasteiger charge is 2.32. The van der Waals surface area contributed by atoms with Gasteiger partial charge in [-0.1, -0.05) is 24.3 Å². The van der Waals surface area contributed by atoms with E-state index in [-0.39, 0.29) is 6.04 Å². The van der Waals surface area contributed by atoms with Gasteiger partial charge >= 0.3 is 0 Å². The van der Waals surface area contributed by atoms with Crippen LogP contribution in [-0.2, 0) is 16.4 Å². The Morgan fingerprint density at radius 2 is 2.10 bits per heavy atom. The summed E-state index contributed by atoms with van der Waals surface area (Å²) in [5.41, 5.74) is 8.53. The molecule has 1 unspecified atom stereocenters. The molecule has 0 amide bonds. The SMILES string of the molecule is CN(C1CCCc2ccccc21)S(=O)(=O)c1cc(N)cs1. The van der Waals surface area contributed by atoms with Gasteiger partial charge in [0.25, 0.3) is 10.0 Å². The maximum Gasteiger partial charge on any atom is 0.252 e. The van der Waals surface area contributed by atoms with Crippen LogP contribution in [0.5, 0.6) is 0 Å². The Morgan fingerprint density at radius 1 is 1.33 bits per heavy atom. The second-order valence-corrected chi connectivity index (χ2v) is 8.46. The van der Waals surface area contributed by atoms with Gasteiger partial charge in [0, 0.05) is 18.1 Å². The molecule has 1 aliphatic carbocycles. The first kappa shape index (κ1) is 14.6. The lowest BCUT2D eigenvalue weighted by Crippen LogP contribution is -2.33. The van der Waals surface area contributed by atoms with Gasteiger partial charge in [-0.25, -0.2) is 8.42 Å². The molecule has 3 rings (SSSR count). The van der Waals surface area contributed by atoms with Crippen LogP contribution in [0.3, 0.4) is 0 Å². The third-order valence-corrected chi connectivity index (χ3v) is 7.31. The molecule has 1 aromatic heterocycles. The van der Waals surface area contributed by atoms with Crippen molar-refractivity contribution in [3.05, 3.63) is 46.8 Å². The van der Waals surface area contributed by atoms with Crippen LogP contribution in [0.15, 0.2) is 39.9 Å². The quantitative estimate of drug-likeness (QED) is 0.944. The monoisotopic (exact) mass is 322 g/mol. The number of nitrogen functional groups attached to an aromatic ring is 1. The number of nitrogens with zero attached hydrogens (tertiary/aromatic N) is 1. The minimum Gasteiger partial charge on any atom is -0.398 e. The van der Waals surface area contributed by atoms with Crippen molar-refractivity contribution in [3.8, 4) is 0 Å². The van der Waals surface area contributed by atoms with E-state index in [2.05, 4.69) is 6.07 Å². The summed E-state index contributed by atoms with van der Waals surface area (Å²) in [5.74, 6) is 0. The standard InChI is InChI=1S/C15H18N2O2S2/c1-17(21(18,19)15-9-12(16)10-20-15)14-8-4-6-11-5-2-3-7-13(11)14/h2-3,5,7,9-10,14H,4,6,8,16H2,1H3. The average molecular weight is 322 g/mol. The molecule has 1 aromatic carbocycles. The summed E-state index contributed by atoms with van der Waals surface area (Å²) in [6.07, 6.45) is 2.88. The summed E-state index contributed by atoms with van der Waals surface area (Å²) in [6.45, 7) is 0. The molecule has 1 aliphatic rings. The van der Waals surface area contributed by atoms with Crippen molar-refractivity contribution in [2.24, 2.45) is 0 Å². The second-order valence-electron chi connectivity index (χ2n) is 5.33. The Kier molecular flexibility index (Phi) is 3.77. The molecule has 0 radical (unpaired) electrons. The lowest BCUT2D eigenvalue weighted by molar-refractivity contribution is 0.338. The van der Waals surface area contributed by atoms with Crippen molar-refractivity contribution in [2.45, 2.75) is 29.5 Å². The summed E-state index contributed by atoms with van der Waals surface area (Å²) in [4.78, 5) is 0. The number of anilines is 1. The van der Waals surface area contributed by atoms with Crippen LogP contribution in [-0.4, -0.2) is 19.8 Å². The maximum absolute atomic E-state index is 12.7.